The second-order valence-electron chi connectivity index (χ2n) is 7.71. The van der Waals surface area contributed by atoms with Crippen LogP contribution in [-0.2, 0) is 6.42 Å². The standard InChI is InChI=1S/C23H22ClFN2/c24-18-4-6-20-22(13-26-23(20)11-18)16-7-9-27(10-8-16)14-17-2-1-15-3-5-19(25)12-21(15)17/h3-7,11-13,17,26H,1-2,8-10,14H2. The van der Waals surface area contributed by atoms with Gasteiger partial charge in [-0.05, 0) is 66.1 Å². The zero-order valence-electron chi connectivity index (χ0n) is 15.1. The zero-order chi connectivity index (χ0) is 18.4. The minimum atomic E-state index is -0.110. The second-order valence-corrected chi connectivity index (χ2v) is 8.15. The van der Waals surface area contributed by atoms with Crippen molar-refractivity contribution in [3.8, 4) is 0 Å². The number of fused-ring (bicyclic) bond motifs is 2. The van der Waals surface area contributed by atoms with Gasteiger partial charge in [-0.3, -0.25) is 4.90 Å². The molecule has 4 heteroatoms. The molecular weight excluding hydrogens is 359 g/mol. The van der Waals surface area contributed by atoms with Gasteiger partial charge in [0.2, 0.25) is 0 Å². The lowest BCUT2D eigenvalue weighted by Gasteiger charge is -2.29. The molecule has 138 valence electrons. The second kappa shape index (κ2) is 6.81. The van der Waals surface area contributed by atoms with Crippen molar-refractivity contribution >= 4 is 28.1 Å². The van der Waals surface area contributed by atoms with E-state index in [1.54, 1.807) is 12.1 Å². The van der Waals surface area contributed by atoms with Crippen LogP contribution in [-0.4, -0.2) is 29.5 Å². The van der Waals surface area contributed by atoms with Crippen molar-refractivity contribution in [3.63, 3.8) is 0 Å². The van der Waals surface area contributed by atoms with Gasteiger partial charge in [0.15, 0.2) is 0 Å². The summed E-state index contributed by atoms with van der Waals surface area (Å²) in [5.41, 5.74) is 6.32. The van der Waals surface area contributed by atoms with Gasteiger partial charge in [-0.25, -0.2) is 4.39 Å². The van der Waals surface area contributed by atoms with Crippen LogP contribution in [0.25, 0.3) is 16.5 Å². The van der Waals surface area contributed by atoms with Crippen molar-refractivity contribution in [2.45, 2.75) is 25.2 Å². The van der Waals surface area contributed by atoms with E-state index in [1.165, 1.54) is 27.6 Å². The fourth-order valence-corrected chi connectivity index (χ4v) is 4.82. The van der Waals surface area contributed by atoms with E-state index >= 15 is 0 Å². The fraction of sp³-hybridized carbons (Fsp3) is 0.304. The first-order valence-electron chi connectivity index (χ1n) is 9.64. The summed E-state index contributed by atoms with van der Waals surface area (Å²) < 4.78 is 13.6. The summed E-state index contributed by atoms with van der Waals surface area (Å²) in [5, 5.41) is 1.99. The summed E-state index contributed by atoms with van der Waals surface area (Å²) in [6.07, 6.45) is 7.70. The first kappa shape index (κ1) is 17.0. The van der Waals surface area contributed by atoms with Gasteiger partial charge in [0.25, 0.3) is 0 Å². The number of aromatic amines is 1. The molecule has 0 saturated carbocycles. The highest BCUT2D eigenvalue weighted by Crippen LogP contribution is 2.35. The molecule has 1 aliphatic heterocycles. The lowest BCUT2D eigenvalue weighted by molar-refractivity contribution is 0.280. The molecule has 2 heterocycles. The molecule has 1 atom stereocenters. The Balaban J connectivity index is 1.31. The molecule has 0 spiro atoms. The third-order valence-corrected chi connectivity index (χ3v) is 6.31. The van der Waals surface area contributed by atoms with E-state index in [2.05, 4.69) is 28.2 Å². The van der Waals surface area contributed by atoms with Crippen LogP contribution in [0, 0.1) is 5.82 Å². The van der Waals surface area contributed by atoms with E-state index in [1.807, 2.05) is 18.2 Å². The van der Waals surface area contributed by atoms with Gasteiger partial charge in [-0.15, -0.1) is 0 Å². The molecule has 0 fully saturated rings. The number of hydrogen-bond acceptors (Lipinski definition) is 1. The number of aromatic nitrogens is 1. The number of nitrogens with one attached hydrogen (secondary N) is 1. The summed E-state index contributed by atoms with van der Waals surface area (Å²) in [6, 6.07) is 11.3. The maximum absolute atomic E-state index is 13.6. The largest absolute Gasteiger partial charge is 0.361 e. The fourth-order valence-electron chi connectivity index (χ4n) is 4.65. The lowest BCUT2D eigenvalue weighted by Crippen LogP contribution is -2.32. The number of nitrogens with zero attached hydrogens (tertiary/aromatic N) is 1. The number of rotatable bonds is 3. The third-order valence-electron chi connectivity index (χ3n) is 6.07. The maximum Gasteiger partial charge on any atom is 0.123 e. The van der Waals surface area contributed by atoms with Crippen molar-refractivity contribution < 1.29 is 4.39 Å². The van der Waals surface area contributed by atoms with Gasteiger partial charge < -0.3 is 4.98 Å². The van der Waals surface area contributed by atoms with E-state index < -0.39 is 0 Å². The molecule has 1 N–H and O–H groups in total. The minimum Gasteiger partial charge on any atom is -0.361 e. The predicted octanol–water partition coefficient (Wildman–Crippen LogP) is 5.78. The molecule has 0 saturated heterocycles. The van der Waals surface area contributed by atoms with Crippen LogP contribution < -0.4 is 0 Å². The Kier molecular flexibility index (Phi) is 4.30. The molecule has 2 nitrogen and oxygen atoms in total. The van der Waals surface area contributed by atoms with Crippen LogP contribution in [0.1, 0.15) is 35.4 Å². The van der Waals surface area contributed by atoms with Gasteiger partial charge in [-0.1, -0.05) is 29.8 Å². The molecule has 1 aromatic heterocycles. The van der Waals surface area contributed by atoms with Crippen molar-refractivity contribution in [3.05, 3.63) is 76.2 Å². The molecule has 2 aromatic carbocycles. The average molecular weight is 381 g/mol. The molecule has 1 aliphatic carbocycles. The van der Waals surface area contributed by atoms with Crippen molar-refractivity contribution in [1.82, 2.24) is 9.88 Å². The van der Waals surface area contributed by atoms with Crippen LogP contribution in [0.5, 0.6) is 0 Å². The van der Waals surface area contributed by atoms with Crippen LogP contribution in [0.4, 0.5) is 4.39 Å². The highest BCUT2D eigenvalue weighted by atomic mass is 35.5. The SMILES string of the molecule is Fc1ccc2c(c1)C(CN1CC=C(c3c[nH]c4cc(Cl)ccc34)CC1)CC2. The third kappa shape index (κ3) is 3.19. The number of H-pyrrole nitrogens is 1. The van der Waals surface area contributed by atoms with Gasteiger partial charge in [0.1, 0.15) is 5.82 Å². The van der Waals surface area contributed by atoms with E-state index in [4.69, 9.17) is 11.6 Å². The predicted molar refractivity (Wildman–Crippen MR) is 110 cm³/mol. The number of aryl methyl sites for hydroxylation is 1. The monoisotopic (exact) mass is 380 g/mol. The summed E-state index contributed by atoms with van der Waals surface area (Å²) in [4.78, 5) is 5.84. The van der Waals surface area contributed by atoms with Crippen LogP contribution in [0.15, 0.2) is 48.7 Å². The molecule has 1 unspecified atom stereocenters. The average Bonchev–Trinajstić information content (AvgIpc) is 3.26. The lowest BCUT2D eigenvalue weighted by atomic mass is 9.96. The topological polar surface area (TPSA) is 19.0 Å². The molecule has 5 rings (SSSR count). The Morgan fingerprint density at radius 1 is 1.15 bits per heavy atom. The quantitative estimate of drug-likeness (QED) is 0.610. The summed E-state index contributed by atoms with van der Waals surface area (Å²) in [7, 11) is 0. The van der Waals surface area contributed by atoms with E-state index in [0.717, 1.165) is 49.4 Å². The van der Waals surface area contributed by atoms with E-state index in [-0.39, 0.29) is 5.82 Å². The van der Waals surface area contributed by atoms with Crippen LogP contribution >= 0.6 is 11.6 Å². The summed E-state index contributed by atoms with van der Waals surface area (Å²) in [5.74, 6) is 0.349. The highest BCUT2D eigenvalue weighted by Gasteiger charge is 2.26. The molecule has 0 bridgehead atoms. The van der Waals surface area contributed by atoms with Crippen molar-refractivity contribution in [2.75, 3.05) is 19.6 Å². The van der Waals surface area contributed by atoms with Gasteiger partial charge in [0, 0.05) is 47.3 Å². The van der Waals surface area contributed by atoms with Gasteiger partial charge in [0.05, 0.1) is 0 Å². The molecule has 3 aromatic rings. The van der Waals surface area contributed by atoms with Crippen molar-refractivity contribution in [1.29, 1.82) is 0 Å². The van der Waals surface area contributed by atoms with Crippen LogP contribution in [0.2, 0.25) is 5.02 Å². The molecule has 0 amide bonds. The van der Waals surface area contributed by atoms with Crippen LogP contribution in [0.3, 0.4) is 0 Å². The normalized spacial score (nSPS) is 20.1. The first-order chi connectivity index (χ1) is 13.2. The highest BCUT2D eigenvalue weighted by molar-refractivity contribution is 6.31. The van der Waals surface area contributed by atoms with E-state index in [9.17, 15) is 4.39 Å². The molecule has 27 heavy (non-hydrogen) atoms. The Labute approximate surface area is 163 Å². The van der Waals surface area contributed by atoms with Crippen molar-refractivity contribution in [2.24, 2.45) is 0 Å². The number of halogens is 2. The Bertz CT molecular complexity index is 1040. The summed E-state index contributed by atoms with van der Waals surface area (Å²) >= 11 is 6.09. The van der Waals surface area contributed by atoms with Gasteiger partial charge in [-0.2, -0.15) is 0 Å². The molecular formula is C23H22ClFN2. The number of hydrogen-bond donors (Lipinski definition) is 1. The molecule has 0 radical (unpaired) electrons. The van der Waals surface area contributed by atoms with E-state index in [0.29, 0.717) is 5.92 Å². The smallest absolute Gasteiger partial charge is 0.123 e. The minimum absolute atomic E-state index is 0.110. The molecule has 2 aliphatic rings. The first-order valence-corrected chi connectivity index (χ1v) is 10.0. The maximum atomic E-state index is 13.6. The Hall–Kier alpha value is -2.10. The number of benzene rings is 2. The zero-order valence-corrected chi connectivity index (χ0v) is 15.9. The van der Waals surface area contributed by atoms with Gasteiger partial charge >= 0.3 is 0 Å². The Morgan fingerprint density at radius 3 is 2.93 bits per heavy atom. The Morgan fingerprint density at radius 2 is 2.07 bits per heavy atom. The summed E-state index contributed by atoms with van der Waals surface area (Å²) in [6.45, 7) is 3.02.